The Balaban J connectivity index is 2.95. The summed E-state index contributed by atoms with van der Waals surface area (Å²) in [7, 11) is -1.37. The summed E-state index contributed by atoms with van der Waals surface area (Å²) in [4.78, 5) is 15.9. The maximum atomic E-state index is 12.4. The number of rotatable bonds is 7. The summed E-state index contributed by atoms with van der Waals surface area (Å²) >= 11 is 0. The topological polar surface area (TPSA) is 68.6 Å². The summed E-state index contributed by atoms with van der Waals surface area (Å²) < 4.78 is 21.3. The van der Waals surface area contributed by atoms with Crippen LogP contribution >= 0.6 is 0 Å². The van der Waals surface area contributed by atoms with Crippen LogP contribution in [0.3, 0.4) is 0 Å². The molecule has 0 saturated heterocycles. The second-order valence-corrected chi connectivity index (χ2v) is 8.34. The Morgan fingerprint density at radius 2 is 2.04 bits per heavy atom. The van der Waals surface area contributed by atoms with Gasteiger partial charge in [-0.2, -0.15) is 4.40 Å². The van der Waals surface area contributed by atoms with Crippen LogP contribution in [0.2, 0.25) is 0 Å². The smallest absolute Gasteiger partial charge is 0.306 e. The minimum atomic E-state index is -1.37. The fourth-order valence-electron chi connectivity index (χ4n) is 1.87. The lowest BCUT2D eigenvalue weighted by Gasteiger charge is -2.17. The molecule has 0 saturated carbocycles. The van der Waals surface area contributed by atoms with Crippen LogP contribution < -0.4 is 0 Å². The van der Waals surface area contributed by atoms with Crippen molar-refractivity contribution in [1.82, 2.24) is 4.98 Å². The lowest BCUT2D eigenvalue weighted by atomic mass is 9.99. The third-order valence-electron chi connectivity index (χ3n) is 3.04. The van der Waals surface area contributed by atoms with E-state index in [1.54, 1.807) is 13.1 Å². The highest BCUT2D eigenvalue weighted by atomic mass is 32.2. The molecule has 0 spiro atoms. The molecular formula is C17H26N2O3S. The van der Waals surface area contributed by atoms with E-state index >= 15 is 0 Å². The minimum Gasteiger partial charge on any atom is -0.466 e. The highest BCUT2D eigenvalue weighted by Gasteiger charge is 2.22. The number of hydrogen-bond acceptors (Lipinski definition) is 4. The zero-order valence-electron chi connectivity index (χ0n) is 14.5. The fraction of sp³-hybridized carbons (Fsp3) is 0.588. The summed E-state index contributed by atoms with van der Waals surface area (Å²) in [5, 5.41) is 0. The predicted molar refractivity (Wildman–Crippen MR) is 93.7 cm³/mol. The number of pyridine rings is 1. The van der Waals surface area contributed by atoms with Crippen molar-refractivity contribution in [3.8, 4) is 0 Å². The molecule has 0 aliphatic carbocycles. The van der Waals surface area contributed by atoms with Gasteiger partial charge in [-0.1, -0.05) is 13.0 Å². The molecule has 0 bridgehead atoms. The molecule has 1 aromatic heterocycles. The molecule has 0 aromatic carbocycles. The van der Waals surface area contributed by atoms with Gasteiger partial charge < -0.3 is 4.74 Å². The van der Waals surface area contributed by atoms with Crippen molar-refractivity contribution in [3.63, 3.8) is 0 Å². The SMILES string of the molecule is CCOC(=O)C[C@@H](C)CC(=NS(=O)C(C)(C)C)c1ccccn1. The monoisotopic (exact) mass is 338 g/mol. The summed E-state index contributed by atoms with van der Waals surface area (Å²) in [5.74, 6) is -0.191. The van der Waals surface area contributed by atoms with Gasteiger partial charge in [-0.05, 0) is 52.2 Å². The van der Waals surface area contributed by atoms with Crippen LogP contribution in [0.15, 0.2) is 28.8 Å². The van der Waals surface area contributed by atoms with E-state index in [0.717, 1.165) is 0 Å². The highest BCUT2D eigenvalue weighted by molar-refractivity contribution is 7.85. The normalized spacial score (nSPS) is 15.1. The molecule has 0 fully saturated rings. The molecule has 0 amide bonds. The standard InChI is InChI=1S/C17H26N2O3S/c1-6-22-16(20)12-13(2)11-15(14-9-7-8-10-18-14)19-23(21)17(3,4)5/h7-10,13H,6,11-12H2,1-5H3/t13-,23?/m0/s1. The van der Waals surface area contributed by atoms with Gasteiger partial charge >= 0.3 is 5.97 Å². The Labute approximate surface area is 141 Å². The van der Waals surface area contributed by atoms with Crippen molar-refractivity contribution in [2.75, 3.05) is 6.61 Å². The van der Waals surface area contributed by atoms with Crippen molar-refractivity contribution in [1.29, 1.82) is 0 Å². The van der Waals surface area contributed by atoms with Crippen LogP contribution in [0.1, 0.15) is 53.2 Å². The molecule has 2 atom stereocenters. The van der Waals surface area contributed by atoms with Crippen LogP contribution in [-0.4, -0.2) is 32.2 Å². The summed E-state index contributed by atoms with van der Waals surface area (Å²) in [5.41, 5.74) is 1.36. The first-order valence-electron chi connectivity index (χ1n) is 7.80. The maximum absolute atomic E-state index is 12.4. The third kappa shape index (κ3) is 7.03. The Morgan fingerprint density at radius 3 is 2.57 bits per heavy atom. The molecular weight excluding hydrogens is 312 g/mol. The van der Waals surface area contributed by atoms with E-state index in [4.69, 9.17) is 4.74 Å². The molecule has 1 heterocycles. The van der Waals surface area contributed by atoms with Crippen molar-refractivity contribution in [2.45, 2.75) is 52.2 Å². The van der Waals surface area contributed by atoms with E-state index < -0.39 is 15.7 Å². The molecule has 1 unspecified atom stereocenters. The van der Waals surface area contributed by atoms with E-state index in [9.17, 15) is 9.00 Å². The Kier molecular flexibility index (Phi) is 7.55. The van der Waals surface area contributed by atoms with Gasteiger partial charge in [0.25, 0.3) is 0 Å². The van der Waals surface area contributed by atoms with Gasteiger partial charge in [0.15, 0.2) is 0 Å². The Hall–Kier alpha value is -1.56. The average molecular weight is 338 g/mol. The second-order valence-electron chi connectivity index (χ2n) is 6.43. The second kappa shape index (κ2) is 8.91. The Bertz CT molecular complexity index is 565. The number of carbonyl (C=O) groups is 1. The molecule has 1 rings (SSSR count). The van der Waals surface area contributed by atoms with Gasteiger partial charge in [0, 0.05) is 12.6 Å². The van der Waals surface area contributed by atoms with Crippen LogP contribution in [0.25, 0.3) is 0 Å². The lowest BCUT2D eigenvalue weighted by molar-refractivity contribution is -0.144. The molecule has 0 aliphatic rings. The first-order chi connectivity index (χ1) is 10.7. The zero-order chi connectivity index (χ0) is 17.5. The highest BCUT2D eigenvalue weighted by Crippen LogP contribution is 2.18. The molecule has 1 aromatic rings. The quantitative estimate of drug-likeness (QED) is 0.565. The van der Waals surface area contributed by atoms with Gasteiger partial charge in [-0.15, -0.1) is 0 Å². The number of aromatic nitrogens is 1. The molecule has 5 nitrogen and oxygen atoms in total. The summed E-state index contributed by atoms with van der Waals surface area (Å²) in [6.07, 6.45) is 2.51. The van der Waals surface area contributed by atoms with E-state index in [1.807, 2.05) is 45.9 Å². The molecule has 0 aliphatic heterocycles. The molecule has 128 valence electrons. The van der Waals surface area contributed by atoms with Crippen molar-refractivity contribution in [2.24, 2.45) is 10.3 Å². The predicted octanol–water partition coefficient (Wildman–Crippen LogP) is 3.31. The van der Waals surface area contributed by atoms with Crippen LogP contribution in [-0.2, 0) is 20.5 Å². The van der Waals surface area contributed by atoms with E-state index in [2.05, 4.69) is 9.38 Å². The molecule has 6 heteroatoms. The number of carbonyl (C=O) groups excluding carboxylic acids is 1. The number of nitrogens with zero attached hydrogens (tertiary/aromatic N) is 2. The molecule has 23 heavy (non-hydrogen) atoms. The van der Waals surface area contributed by atoms with Gasteiger partial charge in [0.1, 0.15) is 11.0 Å². The molecule has 0 N–H and O–H groups in total. The Morgan fingerprint density at radius 1 is 1.35 bits per heavy atom. The molecule has 0 radical (unpaired) electrons. The van der Waals surface area contributed by atoms with Crippen LogP contribution in [0.5, 0.6) is 0 Å². The van der Waals surface area contributed by atoms with Gasteiger partial charge in [-0.25, -0.2) is 4.21 Å². The largest absolute Gasteiger partial charge is 0.466 e. The van der Waals surface area contributed by atoms with E-state index in [0.29, 0.717) is 30.9 Å². The number of hydrogen-bond donors (Lipinski definition) is 0. The van der Waals surface area contributed by atoms with Crippen LogP contribution in [0, 0.1) is 5.92 Å². The summed E-state index contributed by atoms with van der Waals surface area (Å²) in [6, 6.07) is 5.54. The lowest BCUT2D eigenvalue weighted by Crippen LogP contribution is -2.22. The van der Waals surface area contributed by atoms with Crippen molar-refractivity contribution in [3.05, 3.63) is 30.1 Å². The van der Waals surface area contributed by atoms with Gasteiger partial charge in [0.05, 0.1) is 22.8 Å². The zero-order valence-corrected chi connectivity index (χ0v) is 15.4. The average Bonchev–Trinajstić information content (AvgIpc) is 2.46. The fourth-order valence-corrected chi connectivity index (χ4v) is 2.51. The van der Waals surface area contributed by atoms with Gasteiger partial charge in [-0.3, -0.25) is 9.78 Å². The first-order valence-corrected chi connectivity index (χ1v) is 8.91. The number of esters is 1. The first kappa shape index (κ1) is 19.5. The minimum absolute atomic E-state index is 0.0341. The van der Waals surface area contributed by atoms with Crippen molar-refractivity contribution < 1.29 is 13.7 Å². The van der Waals surface area contributed by atoms with Crippen LogP contribution in [0.4, 0.5) is 0 Å². The van der Waals surface area contributed by atoms with Crippen molar-refractivity contribution >= 4 is 22.7 Å². The number of ether oxygens (including phenoxy) is 1. The van der Waals surface area contributed by atoms with E-state index in [1.165, 1.54) is 0 Å². The van der Waals surface area contributed by atoms with Gasteiger partial charge in [0.2, 0.25) is 0 Å². The van der Waals surface area contributed by atoms with E-state index in [-0.39, 0.29) is 11.9 Å². The third-order valence-corrected chi connectivity index (χ3v) is 4.47. The summed E-state index contributed by atoms with van der Waals surface area (Å²) in [6.45, 7) is 9.76. The maximum Gasteiger partial charge on any atom is 0.306 e.